The minimum absolute atomic E-state index is 0.158. The molecule has 1 aliphatic carbocycles. The highest BCUT2D eigenvalue weighted by atomic mass is 16.5. The zero-order valence-corrected chi connectivity index (χ0v) is 13.6. The molecule has 0 unspecified atom stereocenters. The van der Waals surface area contributed by atoms with Crippen molar-refractivity contribution in [1.29, 1.82) is 0 Å². The number of ketones is 1. The van der Waals surface area contributed by atoms with Crippen molar-refractivity contribution < 1.29 is 9.53 Å². The first-order valence-electron chi connectivity index (χ1n) is 8.36. The molecule has 4 heteroatoms. The molecule has 1 aromatic heterocycles. The van der Waals surface area contributed by atoms with Crippen molar-refractivity contribution in [2.75, 3.05) is 6.61 Å². The topological polar surface area (TPSA) is 44.1 Å². The summed E-state index contributed by atoms with van der Waals surface area (Å²) in [6, 6.07) is 2.51. The van der Waals surface area contributed by atoms with Gasteiger partial charge in [0, 0.05) is 12.8 Å². The van der Waals surface area contributed by atoms with E-state index in [-0.39, 0.29) is 5.78 Å². The lowest BCUT2D eigenvalue weighted by atomic mass is 9.89. The number of ether oxygens (including phenoxy) is 1. The maximum atomic E-state index is 12.6. The van der Waals surface area contributed by atoms with E-state index >= 15 is 0 Å². The third kappa shape index (κ3) is 3.54. The maximum absolute atomic E-state index is 12.6. The van der Waals surface area contributed by atoms with E-state index in [1.807, 2.05) is 33.0 Å². The van der Waals surface area contributed by atoms with E-state index < -0.39 is 5.60 Å². The van der Waals surface area contributed by atoms with Crippen molar-refractivity contribution in [1.82, 2.24) is 9.78 Å². The van der Waals surface area contributed by atoms with E-state index in [0.29, 0.717) is 19.1 Å². The number of carbonyl (C=O) groups is 1. The first kappa shape index (κ1) is 16.2. The Morgan fingerprint density at radius 2 is 2.00 bits per heavy atom. The van der Waals surface area contributed by atoms with Crippen molar-refractivity contribution in [3.63, 3.8) is 0 Å². The summed E-state index contributed by atoms with van der Waals surface area (Å²) in [7, 11) is 0. The van der Waals surface area contributed by atoms with E-state index in [1.165, 1.54) is 25.7 Å². The standard InChI is InChI=1S/C17H28N2O2/c1-4-17(5-2,21-6-3)16(20)13-14-11-12-19(18-14)15-9-7-8-10-15/h11-12,15H,4-10,13H2,1-3H3. The number of aromatic nitrogens is 2. The van der Waals surface area contributed by atoms with E-state index in [1.54, 1.807) is 0 Å². The SMILES string of the molecule is CCOC(CC)(CC)C(=O)Cc1ccn(C2CCCC2)n1. The number of rotatable bonds is 8. The summed E-state index contributed by atoms with van der Waals surface area (Å²) in [6.07, 6.45) is 8.85. The first-order chi connectivity index (χ1) is 10.1. The van der Waals surface area contributed by atoms with Gasteiger partial charge >= 0.3 is 0 Å². The van der Waals surface area contributed by atoms with E-state index in [0.717, 1.165) is 18.5 Å². The average molecular weight is 292 g/mol. The third-order valence-corrected chi connectivity index (χ3v) is 4.78. The van der Waals surface area contributed by atoms with Crippen LogP contribution in [0.1, 0.15) is 71.0 Å². The number of hydrogen-bond donors (Lipinski definition) is 0. The molecule has 4 nitrogen and oxygen atoms in total. The summed E-state index contributed by atoms with van der Waals surface area (Å²) in [6.45, 7) is 6.56. The molecule has 0 atom stereocenters. The van der Waals surface area contributed by atoms with Gasteiger partial charge in [-0.3, -0.25) is 9.48 Å². The number of Topliss-reactive ketones (excluding diaryl/α,β-unsaturated/α-hetero) is 1. The molecule has 0 radical (unpaired) electrons. The van der Waals surface area contributed by atoms with Gasteiger partial charge in [0.1, 0.15) is 5.60 Å². The van der Waals surface area contributed by atoms with E-state index in [4.69, 9.17) is 4.74 Å². The Kier molecular flexibility index (Phi) is 5.57. The monoisotopic (exact) mass is 292 g/mol. The Hall–Kier alpha value is -1.16. The Labute approximate surface area is 127 Å². The molecule has 1 aliphatic rings. The summed E-state index contributed by atoms with van der Waals surface area (Å²) in [5.74, 6) is 0.158. The molecule has 0 saturated heterocycles. The molecule has 1 saturated carbocycles. The van der Waals surface area contributed by atoms with Crippen LogP contribution in [0.3, 0.4) is 0 Å². The van der Waals surface area contributed by atoms with E-state index in [9.17, 15) is 4.79 Å². The molecule has 1 fully saturated rings. The molecule has 118 valence electrons. The molecule has 1 heterocycles. The molecule has 21 heavy (non-hydrogen) atoms. The predicted molar refractivity (Wildman–Crippen MR) is 83.4 cm³/mol. The first-order valence-corrected chi connectivity index (χ1v) is 8.36. The van der Waals surface area contributed by atoms with Crippen LogP contribution < -0.4 is 0 Å². The summed E-state index contributed by atoms with van der Waals surface area (Å²) >= 11 is 0. The van der Waals surface area contributed by atoms with Crippen molar-refractivity contribution >= 4 is 5.78 Å². The van der Waals surface area contributed by atoms with Crippen molar-refractivity contribution in [2.24, 2.45) is 0 Å². The molecular formula is C17H28N2O2. The fraction of sp³-hybridized carbons (Fsp3) is 0.765. The second-order valence-corrected chi connectivity index (χ2v) is 5.96. The lowest BCUT2D eigenvalue weighted by Crippen LogP contribution is -2.41. The van der Waals surface area contributed by atoms with Gasteiger partial charge in [-0.05, 0) is 38.7 Å². The van der Waals surface area contributed by atoms with Crippen LogP contribution in [-0.2, 0) is 16.0 Å². The van der Waals surface area contributed by atoms with E-state index in [2.05, 4.69) is 9.78 Å². The quantitative estimate of drug-likeness (QED) is 0.733. The minimum atomic E-state index is -0.633. The fourth-order valence-corrected chi connectivity index (χ4v) is 3.37. The predicted octanol–water partition coefficient (Wildman–Crippen LogP) is 3.71. The molecular weight excluding hydrogens is 264 g/mol. The van der Waals surface area contributed by atoms with Crippen molar-refractivity contribution in [3.05, 3.63) is 18.0 Å². The largest absolute Gasteiger partial charge is 0.368 e. The number of carbonyl (C=O) groups excluding carboxylic acids is 1. The van der Waals surface area contributed by atoms with Gasteiger partial charge in [-0.1, -0.05) is 26.7 Å². The molecule has 0 amide bonds. The summed E-state index contributed by atoms with van der Waals surface area (Å²) in [5.41, 5.74) is 0.240. The van der Waals surface area contributed by atoms with Crippen LogP contribution in [0.2, 0.25) is 0 Å². The van der Waals surface area contributed by atoms with Crippen LogP contribution in [0, 0.1) is 0 Å². The van der Waals surface area contributed by atoms with Gasteiger partial charge in [0.05, 0.1) is 18.2 Å². The van der Waals surface area contributed by atoms with Crippen LogP contribution in [0.4, 0.5) is 0 Å². The minimum Gasteiger partial charge on any atom is -0.368 e. The van der Waals surface area contributed by atoms with Gasteiger partial charge in [0.25, 0.3) is 0 Å². The van der Waals surface area contributed by atoms with Crippen molar-refractivity contribution in [3.8, 4) is 0 Å². The van der Waals surface area contributed by atoms with Crippen LogP contribution >= 0.6 is 0 Å². The normalized spacial score (nSPS) is 16.5. The zero-order valence-electron chi connectivity index (χ0n) is 13.6. The number of hydrogen-bond acceptors (Lipinski definition) is 3. The van der Waals surface area contributed by atoms with Crippen LogP contribution in [0.25, 0.3) is 0 Å². The summed E-state index contributed by atoms with van der Waals surface area (Å²) < 4.78 is 7.84. The average Bonchev–Trinajstić information content (AvgIpc) is 3.15. The molecule has 0 bridgehead atoms. The highest BCUT2D eigenvalue weighted by Crippen LogP contribution is 2.29. The highest BCUT2D eigenvalue weighted by molar-refractivity contribution is 5.88. The van der Waals surface area contributed by atoms with Crippen LogP contribution in [0.5, 0.6) is 0 Å². The highest BCUT2D eigenvalue weighted by Gasteiger charge is 2.35. The molecule has 0 spiro atoms. The molecule has 0 N–H and O–H groups in total. The number of nitrogens with zero attached hydrogens (tertiary/aromatic N) is 2. The molecule has 1 aromatic rings. The van der Waals surface area contributed by atoms with Gasteiger partial charge in [-0.25, -0.2) is 0 Å². The van der Waals surface area contributed by atoms with Crippen LogP contribution in [-0.4, -0.2) is 27.8 Å². The fourth-order valence-electron chi connectivity index (χ4n) is 3.37. The lowest BCUT2D eigenvalue weighted by molar-refractivity contribution is -0.144. The van der Waals surface area contributed by atoms with Gasteiger partial charge < -0.3 is 4.74 Å². The van der Waals surface area contributed by atoms with Crippen LogP contribution in [0.15, 0.2) is 12.3 Å². The van der Waals surface area contributed by atoms with Crippen molar-refractivity contribution in [2.45, 2.75) is 77.4 Å². The lowest BCUT2D eigenvalue weighted by Gasteiger charge is -2.29. The zero-order chi connectivity index (χ0) is 15.3. The Morgan fingerprint density at radius 3 is 2.57 bits per heavy atom. The Morgan fingerprint density at radius 1 is 1.33 bits per heavy atom. The maximum Gasteiger partial charge on any atom is 0.170 e. The van der Waals surface area contributed by atoms with Gasteiger partial charge in [-0.15, -0.1) is 0 Å². The second-order valence-electron chi connectivity index (χ2n) is 5.96. The molecule has 0 aromatic carbocycles. The second kappa shape index (κ2) is 7.21. The smallest absolute Gasteiger partial charge is 0.170 e. The Bertz CT molecular complexity index is 457. The summed E-state index contributed by atoms with van der Waals surface area (Å²) in [5, 5.41) is 4.61. The molecule has 0 aliphatic heterocycles. The molecule has 2 rings (SSSR count). The summed E-state index contributed by atoms with van der Waals surface area (Å²) in [4.78, 5) is 12.6. The van der Waals surface area contributed by atoms with Gasteiger partial charge in [0.15, 0.2) is 5.78 Å². The Balaban J connectivity index is 2.04. The van der Waals surface area contributed by atoms with Gasteiger partial charge in [-0.2, -0.15) is 5.10 Å². The third-order valence-electron chi connectivity index (χ3n) is 4.78. The van der Waals surface area contributed by atoms with Gasteiger partial charge in [0.2, 0.25) is 0 Å².